The molecule has 0 aliphatic rings. The van der Waals surface area contributed by atoms with Crippen molar-refractivity contribution in [1.82, 2.24) is 0 Å². The summed E-state index contributed by atoms with van der Waals surface area (Å²) in [7, 11) is -4.30. The standard InChI is InChI=1S/C12H12O4S/c1-7-6-10(13)8(2)12-9(7)4-3-5-11(12)17(14,15)16/h3-6,13H,1-2H3,(H,14,15,16). The summed E-state index contributed by atoms with van der Waals surface area (Å²) >= 11 is 0. The van der Waals surface area contributed by atoms with Crippen LogP contribution in [0.2, 0.25) is 0 Å². The molecule has 0 saturated heterocycles. The van der Waals surface area contributed by atoms with Crippen LogP contribution in [0.4, 0.5) is 0 Å². The summed E-state index contributed by atoms with van der Waals surface area (Å²) in [6.45, 7) is 3.39. The average Bonchev–Trinajstić information content (AvgIpc) is 2.24. The highest BCUT2D eigenvalue weighted by Crippen LogP contribution is 2.33. The zero-order valence-corrected chi connectivity index (χ0v) is 10.2. The maximum Gasteiger partial charge on any atom is 0.295 e. The van der Waals surface area contributed by atoms with E-state index in [0.29, 0.717) is 16.3 Å². The van der Waals surface area contributed by atoms with Crippen molar-refractivity contribution < 1.29 is 18.1 Å². The van der Waals surface area contributed by atoms with E-state index in [-0.39, 0.29) is 10.6 Å². The highest BCUT2D eigenvalue weighted by atomic mass is 32.2. The summed E-state index contributed by atoms with van der Waals surface area (Å²) in [6, 6.07) is 6.22. The van der Waals surface area contributed by atoms with E-state index >= 15 is 0 Å². The van der Waals surface area contributed by atoms with Crippen LogP contribution in [-0.4, -0.2) is 18.1 Å². The molecule has 0 fully saturated rings. The number of phenols is 1. The van der Waals surface area contributed by atoms with Crippen molar-refractivity contribution in [3.63, 3.8) is 0 Å². The van der Waals surface area contributed by atoms with Gasteiger partial charge in [-0.2, -0.15) is 8.42 Å². The van der Waals surface area contributed by atoms with Crippen LogP contribution in [0.25, 0.3) is 10.8 Å². The molecule has 0 atom stereocenters. The van der Waals surface area contributed by atoms with Gasteiger partial charge in [0.15, 0.2) is 0 Å². The topological polar surface area (TPSA) is 74.6 Å². The molecular weight excluding hydrogens is 240 g/mol. The van der Waals surface area contributed by atoms with E-state index in [2.05, 4.69) is 0 Å². The molecule has 0 unspecified atom stereocenters. The third kappa shape index (κ3) is 1.87. The molecule has 2 aromatic carbocycles. The van der Waals surface area contributed by atoms with Gasteiger partial charge in [-0.3, -0.25) is 4.55 Å². The van der Waals surface area contributed by atoms with E-state index in [1.54, 1.807) is 32.0 Å². The Balaban J connectivity index is 3.09. The molecule has 2 aromatic rings. The molecule has 0 aliphatic heterocycles. The fourth-order valence-corrected chi connectivity index (χ4v) is 2.75. The number of phenolic OH excluding ortho intramolecular Hbond substituents is 1. The van der Waals surface area contributed by atoms with Gasteiger partial charge in [0.25, 0.3) is 10.1 Å². The van der Waals surface area contributed by atoms with Gasteiger partial charge in [-0.15, -0.1) is 0 Å². The number of fused-ring (bicyclic) bond motifs is 1. The second-order valence-corrected chi connectivity index (χ2v) is 5.38. The van der Waals surface area contributed by atoms with Gasteiger partial charge in [-0.1, -0.05) is 12.1 Å². The van der Waals surface area contributed by atoms with Crippen LogP contribution in [0.15, 0.2) is 29.2 Å². The van der Waals surface area contributed by atoms with Gasteiger partial charge >= 0.3 is 0 Å². The molecule has 0 amide bonds. The van der Waals surface area contributed by atoms with E-state index in [1.165, 1.54) is 6.07 Å². The summed E-state index contributed by atoms with van der Waals surface area (Å²) in [5, 5.41) is 10.8. The third-order valence-corrected chi connectivity index (χ3v) is 3.74. The highest BCUT2D eigenvalue weighted by Gasteiger charge is 2.17. The molecule has 0 radical (unpaired) electrons. The second kappa shape index (κ2) is 3.72. The van der Waals surface area contributed by atoms with Gasteiger partial charge in [-0.25, -0.2) is 0 Å². The van der Waals surface area contributed by atoms with Crippen LogP contribution < -0.4 is 0 Å². The Labute approximate surface area is 99.3 Å². The Kier molecular flexibility index (Phi) is 2.60. The molecule has 0 spiro atoms. The van der Waals surface area contributed by atoms with Gasteiger partial charge in [0.05, 0.1) is 0 Å². The smallest absolute Gasteiger partial charge is 0.295 e. The van der Waals surface area contributed by atoms with E-state index in [9.17, 15) is 18.1 Å². The number of hydrogen-bond donors (Lipinski definition) is 2. The lowest BCUT2D eigenvalue weighted by atomic mass is 10.0. The maximum atomic E-state index is 11.3. The molecule has 0 aliphatic carbocycles. The maximum absolute atomic E-state index is 11.3. The summed E-state index contributed by atoms with van der Waals surface area (Å²) < 4.78 is 31.8. The van der Waals surface area contributed by atoms with Gasteiger partial charge < -0.3 is 5.11 Å². The van der Waals surface area contributed by atoms with Crippen molar-refractivity contribution >= 4 is 20.9 Å². The van der Waals surface area contributed by atoms with Gasteiger partial charge in [0.2, 0.25) is 0 Å². The molecule has 0 bridgehead atoms. The van der Waals surface area contributed by atoms with Crippen LogP contribution in [0.1, 0.15) is 11.1 Å². The van der Waals surface area contributed by atoms with Crippen LogP contribution in [0, 0.1) is 13.8 Å². The van der Waals surface area contributed by atoms with Gasteiger partial charge in [0, 0.05) is 10.9 Å². The zero-order valence-electron chi connectivity index (χ0n) is 9.43. The monoisotopic (exact) mass is 252 g/mol. The minimum absolute atomic E-state index is 0.0195. The Morgan fingerprint density at radius 1 is 1.18 bits per heavy atom. The predicted molar refractivity (Wildman–Crippen MR) is 64.9 cm³/mol. The molecule has 17 heavy (non-hydrogen) atoms. The number of benzene rings is 2. The predicted octanol–water partition coefficient (Wildman–Crippen LogP) is 2.41. The first-order chi connectivity index (χ1) is 7.82. The van der Waals surface area contributed by atoms with Crippen LogP contribution in [0.3, 0.4) is 0 Å². The minimum atomic E-state index is -4.30. The van der Waals surface area contributed by atoms with Crippen molar-refractivity contribution in [2.45, 2.75) is 18.7 Å². The Morgan fingerprint density at radius 2 is 1.82 bits per heavy atom. The van der Waals surface area contributed by atoms with Gasteiger partial charge in [-0.05, 0) is 36.9 Å². The highest BCUT2D eigenvalue weighted by molar-refractivity contribution is 7.86. The van der Waals surface area contributed by atoms with Crippen molar-refractivity contribution in [1.29, 1.82) is 0 Å². The minimum Gasteiger partial charge on any atom is -0.508 e. The normalized spacial score (nSPS) is 11.9. The molecular formula is C12H12O4S. The fourth-order valence-electron chi connectivity index (χ4n) is 1.98. The van der Waals surface area contributed by atoms with Crippen molar-refractivity contribution in [3.8, 4) is 5.75 Å². The van der Waals surface area contributed by atoms with Crippen LogP contribution in [-0.2, 0) is 10.1 Å². The molecule has 4 nitrogen and oxygen atoms in total. The van der Waals surface area contributed by atoms with Crippen LogP contribution >= 0.6 is 0 Å². The second-order valence-electron chi connectivity index (χ2n) is 3.99. The first-order valence-electron chi connectivity index (χ1n) is 5.02. The number of rotatable bonds is 1. The quantitative estimate of drug-likeness (QED) is 0.764. The molecule has 5 heteroatoms. The van der Waals surface area contributed by atoms with E-state index in [4.69, 9.17) is 0 Å². The van der Waals surface area contributed by atoms with Crippen LogP contribution in [0.5, 0.6) is 5.75 Å². The molecule has 0 aromatic heterocycles. The summed E-state index contributed by atoms with van der Waals surface area (Å²) in [6.07, 6.45) is 0. The zero-order chi connectivity index (χ0) is 12.8. The lowest BCUT2D eigenvalue weighted by molar-refractivity contribution is 0.471. The Hall–Kier alpha value is -1.59. The van der Waals surface area contributed by atoms with E-state index in [0.717, 1.165) is 5.56 Å². The third-order valence-electron chi connectivity index (χ3n) is 2.84. The first-order valence-corrected chi connectivity index (χ1v) is 6.46. The SMILES string of the molecule is Cc1cc(O)c(C)c2c(S(=O)(=O)O)cccc12. The summed E-state index contributed by atoms with van der Waals surface area (Å²) in [4.78, 5) is -0.175. The lowest BCUT2D eigenvalue weighted by Crippen LogP contribution is -2.00. The van der Waals surface area contributed by atoms with Crippen molar-refractivity contribution in [2.75, 3.05) is 0 Å². The molecule has 90 valence electrons. The fraction of sp³-hybridized carbons (Fsp3) is 0.167. The average molecular weight is 252 g/mol. The van der Waals surface area contributed by atoms with Gasteiger partial charge in [0.1, 0.15) is 10.6 Å². The number of hydrogen-bond acceptors (Lipinski definition) is 3. The molecule has 2 N–H and O–H groups in total. The first kappa shape index (κ1) is 11.9. The summed E-state index contributed by atoms with van der Waals surface area (Å²) in [5.74, 6) is 0.0195. The van der Waals surface area contributed by atoms with Crippen molar-refractivity contribution in [3.05, 3.63) is 35.4 Å². The molecule has 2 rings (SSSR count). The number of aryl methyl sites for hydroxylation is 2. The van der Waals surface area contributed by atoms with Crippen molar-refractivity contribution in [2.24, 2.45) is 0 Å². The number of aromatic hydroxyl groups is 1. The largest absolute Gasteiger partial charge is 0.508 e. The summed E-state index contributed by atoms with van der Waals surface area (Å²) in [5.41, 5.74) is 1.20. The van der Waals surface area contributed by atoms with E-state index in [1.807, 2.05) is 0 Å². The van der Waals surface area contributed by atoms with E-state index < -0.39 is 10.1 Å². The molecule has 0 saturated carbocycles. The Bertz CT molecular complexity index is 702. The molecule has 0 heterocycles. The Morgan fingerprint density at radius 3 is 2.41 bits per heavy atom. The lowest BCUT2D eigenvalue weighted by Gasteiger charge is -2.11.